The van der Waals surface area contributed by atoms with Crippen LogP contribution in [0.4, 0.5) is 11.4 Å². The maximum absolute atomic E-state index is 3.94. The number of hydrogen-bond donors (Lipinski definition) is 1. The van der Waals surface area contributed by atoms with Crippen LogP contribution in [-0.2, 0) is 10.8 Å². The Hall–Kier alpha value is -3.56. The van der Waals surface area contributed by atoms with Gasteiger partial charge in [0.25, 0.3) is 0 Å². The molecule has 0 aliphatic heterocycles. The van der Waals surface area contributed by atoms with Crippen LogP contribution in [0.5, 0.6) is 0 Å². The van der Waals surface area contributed by atoms with E-state index in [1.165, 1.54) is 62.2 Å². The predicted octanol–water partition coefficient (Wildman–Crippen LogP) is 10.8. The van der Waals surface area contributed by atoms with Crippen LogP contribution in [0.2, 0.25) is 0 Å². The van der Waals surface area contributed by atoms with Crippen molar-refractivity contribution in [3.63, 3.8) is 0 Å². The highest BCUT2D eigenvalue weighted by Gasteiger charge is 2.37. The summed E-state index contributed by atoms with van der Waals surface area (Å²) in [4.78, 5) is 0. The number of aromatic nitrogens is 1. The molecule has 0 unspecified atom stereocenters. The summed E-state index contributed by atoms with van der Waals surface area (Å²) in [6.45, 7) is 9.53. The second-order valence-electron chi connectivity index (χ2n) is 12.3. The summed E-state index contributed by atoms with van der Waals surface area (Å²) in [6.07, 6.45) is 2.40. The van der Waals surface area contributed by atoms with Gasteiger partial charge in [-0.05, 0) is 92.5 Å². The predicted molar refractivity (Wildman–Crippen MR) is 171 cm³/mol. The van der Waals surface area contributed by atoms with Crippen LogP contribution in [0.3, 0.4) is 0 Å². The van der Waals surface area contributed by atoms with E-state index in [4.69, 9.17) is 0 Å². The summed E-state index contributed by atoms with van der Waals surface area (Å²) >= 11 is 3.94. The standard InChI is InChI=1S/C36H33BrN2/c1-35(2)19-20-36(3,4)28-22-31(29(37)21-27(28)35)38-30-15-10-16-32-33(30)26-18-17-23-11-8-9-14-25(23)34(26)39(32)24-12-6-5-7-13-24/h5-18,21-22,38H,19-20H2,1-4H3. The fourth-order valence-electron chi connectivity index (χ4n) is 6.61. The van der Waals surface area contributed by atoms with E-state index in [0.29, 0.717) is 0 Å². The van der Waals surface area contributed by atoms with Gasteiger partial charge in [0, 0.05) is 32.0 Å². The Morgan fingerprint density at radius 3 is 2.13 bits per heavy atom. The molecule has 5 aromatic carbocycles. The van der Waals surface area contributed by atoms with Gasteiger partial charge >= 0.3 is 0 Å². The highest BCUT2D eigenvalue weighted by Crippen LogP contribution is 2.49. The van der Waals surface area contributed by atoms with E-state index in [1.54, 1.807) is 0 Å². The fourth-order valence-corrected chi connectivity index (χ4v) is 7.05. The quantitative estimate of drug-likeness (QED) is 0.223. The van der Waals surface area contributed by atoms with E-state index in [0.717, 1.165) is 15.8 Å². The Balaban J connectivity index is 1.49. The van der Waals surface area contributed by atoms with Crippen LogP contribution in [0.25, 0.3) is 38.3 Å². The number of nitrogens with zero attached hydrogens (tertiary/aromatic N) is 1. The SMILES string of the molecule is CC1(C)CCC(C)(C)c2cc(Nc3cccc4c3c3ccc5ccccc5c3n4-c3ccccc3)c(Br)cc21. The Bertz CT molecular complexity index is 1890. The lowest BCUT2D eigenvalue weighted by molar-refractivity contribution is 0.332. The van der Waals surface area contributed by atoms with Crippen molar-refractivity contribution in [2.75, 3.05) is 5.32 Å². The second-order valence-corrected chi connectivity index (χ2v) is 13.2. The molecule has 1 aliphatic rings. The van der Waals surface area contributed by atoms with Crippen molar-refractivity contribution < 1.29 is 0 Å². The Morgan fingerprint density at radius 1 is 0.667 bits per heavy atom. The minimum Gasteiger partial charge on any atom is -0.354 e. The molecule has 1 heterocycles. The van der Waals surface area contributed by atoms with Gasteiger partial charge in [0.1, 0.15) is 0 Å². The number of hydrogen-bond acceptors (Lipinski definition) is 1. The summed E-state index contributed by atoms with van der Waals surface area (Å²) in [5, 5.41) is 8.89. The first-order valence-electron chi connectivity index (χ1n) is 13.9. The molecule has 194 valence electrons. The van der Waals surface area contributed by atoms with Crippen LogP contribution in [-0.4, -0.2) is 4.57 Å². The molecule has 0 atom stereocenters. The molecule has 0 saturated carbocycles. The second kappa shape index (κ2) is 8.72. The van der Waals surface area contributed by atoms with E-state index >= 15 is 0 Å². The minimum atomic E-state index is 0.149. The van der Waals surface area contributed by atoms with E-state index in [2.05, 4.69) is 151 Å². The molecule has 39 heavy (non-hydrogen) atoms. The van der Waals surface area contributed by atoms with E-state index < -0.39 is 0 Å². The summed E-state index contributed by atoms with van der Waals surface area (Å²) in [5.41, 5.74) is 9.10. The van der Waals surface area contributed by atoms with Crippen molar-refractivity contribution in [1.82, 2.24) is 4.57 Å². The van der Waals surface area contributed by atoms with E-state index in [1.807, 2.05) is 0 Å². The number of nitrogens with one attached hydrogen (secondary N) is 1. The number of benzene rings is 5. The Kier molecular flexibility index (Phi) is 5.48. The van der Waals surface area contributed by atoms with Crippen molar-refractivity contribution in [2.24, 2.45) is 0 Å². The fraction of sp³-hybridized carbons (Fsp3) is 0.222. The van der Waals surface area contributed by atoms with Gasteiger partial charge in [-0.2, -0.15) is 0 Å². The molecule has 0 saturated heterocycles. The highest BCUT2D eigenvalue weighted by atomic mass is 79.9. The molecular weight excluding hydrogens is 540 g/mol. The Morgan fingerprint density at radius 2 is 1.36 bits per heavy atom. The summed E-state index contributed by atoms with van der Waals surface area (Å²) in [6, 6.07) is 35.4. The van der Waals surface area contributed by atoms with E-state index in [-0.39, 0.29) is 10.8 Å². The molecule has 1 aromatic heterocycles. The molecule has 6 aromatic rings. The van der Waals surface area contributed by atoms with E-state index in [9.17, 15) is 0 Å². The minimum absolute atomic E-state index is 0.149. The molecule has 1 aliphatic carbocycles. The van der Waals surface area contributed by atoms with Crippen LogP contribution in [0.15, 0.2) is 102 Å². The van der Waals surface area contributed by atoms with Gasteiger partial charge in [0.05, 0.1) is 16.7 Å². The molecule has 1 N–H and O–H groups in total. The highest BCUT2D eigenvalue weighted by molar-refractivity contribution is 9.10. The molecule has 3 heteroatoms. The van der Waals surface area contributed by atoms with Crippen molar-refractivity contribution in [3.8, 4) is 5.69 Å². The van der Waals surface area contributed by atoms with Crippen LogP contribution < -0.4 is 5.32 Å². The largest absolute Gasteiger partial charge is 0.354 e. The number of halogens is 1. The number of rotatable bonds is 3. The molecule has 2 nitrogen and oxygen atoms in total. The molecule has 0 fully saturated rings. The summed E-state index contributed by atoms with van der Waals surface area (Å²) in [5.74, 6) is 0. The van der Waals surface area contributed by atoms with Crippen LogP contribution in [0, 0.1) is 0 Å². The van der Waals surface area contributed by atoms with Gasteiger partial charge in [-0.3, -0.25) is 0 Å². The lowest BCUT2D eigenvalue weighted by atomic mass is 9.63. The number of para-hydroxylation sites is 1. The molecular formula is C36H33BrN2. The zero-order valence-electron chi connectivity index (χ0n) is 23.0. The maximum Gasteiger partial charge on any atom is 0.0620 e. The average molecular weight is 574 g/mol. The third-order valence-corrected chi connectivity index (χ3v) is 9.56. The van der Waals surface area contributed by atoms with Crippen molar-refractivity contribution in [2.45, 2.75) is 51.4 Å². The first kappa shape index (κ1) is 24.5. The molecule has 7 rings (SSSR count). The summed E-state index contributed by atoms with van der Waals surface area (Å²) < 4.78 is 3.53. The van der Waals surface area contributed by atoms with Crippen molar-refractivity contribution >= 4 is 59.9 Å². The van der Waals surface area contributed by atoms with Gasteiger partial charge in [-0.15, -0.1) is 0 Å². The molecule has 0 spiro atoms. The van der Waals surface area contributed by atoms with Gasteiger partial charge in [-0.1, -0.05) is 88.4 Å². The Labute approximate surface area is 238 Å². The smallest absolute Gasteiger partial charge is 0.0620 e. The zero-order chi connectivity index (χ0) is 26.9. The van der Waals surface area contributed by atoms with Gasteiger partial charge in [-0.25, -0.2) is 0 Å². The normalized spacial score (nSPS) is 16.0. The topological polar surface area (TPSA) is 17.0 Å². The third kappa shape index (κ3) is 3.82. The molecule has 0 radical (unpaired) electrons. The first-order valence-corrected chi connectivity index (χ1v) is 14.7. The zero-order valence-corrected chi connectivity index (χ0v) is 24.6. The lowest BCUT2D eigenvalue weighted by Gasteiger charge is -2.42. The lowest BCUT2D eigenvalue weighted by Crippen LogP contribution is -2.33. The maximum atomic E-state index is 3.94. The van der Waals surface area contributed by atoms with Gasteiger partial charge < -0.3 is 9.88 Å². The summed E-state index contributed by atoms with van der Waals surface area (Å²) in [7, 11) is 0. The molecule has 0 amide bonds. The van der Waals surface area contributed by atoms with Crippen molar-refractivity contribution in [3.05, 3.63) is 113 Å². The monoisotopic (exact) mass is 572 g/mol. The van der Waals surface area contributed by atoms with Crippen LogP contribution >= 0.6 is 15.9 Å². The third-order valence-electron chi connectivity index (χ3n) is 8.90. The number of anilines is 2. The average Bonchev–Trinajstić information content (AvgIpc) is 3.28. The first-order chi connectivity index (χ1) is 18.7. The van der Waals surface area contributed by atoms with Crippen LogP contribution in [0.1, 0.15) is 51.7 Å². The number of fused-ring (bicyclic) bond motifs is 6. The van der Waals surface area contributed by atoms with Gasteiger partial charge in [0.2, 0.25) is 0 Å². The molecule has 0 bridgehead atoms. The van der Waals surface area contributed by atoms with Gasteiger partial charge in [0.15, 0.2) is 0 Å². The van der Waals surface area contributed by atoms with Crippen molar-refractivity contribution in [1.29, 1.82) is 0 Å².